The third-order valence-electron chi connectivity index (χ3n) is 2.32. The molecule has 0 spiro atoms. The van der Waals surface area contributed by atoms with Gasteiger partial charge in [-0.3, -0.25) is 4.79 Å². The molecule has 0 aliphatic carbocycles. The van der Waals surface area contributed by atoms with Crippen LogP contribution in [0, 0.1) is 12.3 Å². The number of hydrogen-bond acceptors (Lipinski definition) is 3. The molecule has 0 fully saturated rings. The van der Waals surface area contributed by atoms with Gasteiger partial charge in [0.25, 0.3) is 0 Å². The van der Waals surface area contributed by atoms with Crippen molar-refractivity contribution in [1.29, 1.82) is 0 Å². The van der Waals surface area contributed by atoms with Crippen molar-refractivity contribution in [3.63, 3.8) is 0 Å². The fourth-order valence-electron chi connectivity index (χ4n) is 1.52. The number of nitrogens with zero attached hydrogens (tertiary/aromatic N) is 1. The van der Waals surface area contributed by atoms with Crippen LogP contribution in [0.5, 0.6) is 5.75 Å². The molecule has 0 unspecified atom stereocenters. The quantitative estimate of drug-likeness (QED) is 0.774. The van der Waals surface area contributed by atoms with Crippen molar-refractivity contribution in [2.24, 2.45) is 0 Å². The molecule has 1 aromatic carbocycles. The molecule has 0 aromatic heterocycles. The van der Waals surface area contributed by atoms with Gasteiger partial charge in [0.05, 0.1) is 18.8 Å². The predicted octanol–water partition coefficient (Wildman–Crippen LogP) is 1.64. The van der Waals surface area contributed by atoms with Crippen molar-refractivity contribution >= 4 is 17.7 Å². The highest BCUT2D eigenvalue weighted by molar-refractivity contribution is 5.92. The Morgan fingerprint density at radius 1 is 1.45 bits per heavy atom. The van der Waals surface area contributed by atoms with Crippen molar-refractivity contribution in [3.8, 4) is 18.1 Å². The summed E-state index contributed by atoms with van der Waals surface area (Å²) < 4.78 is 5.37. The van der Waals surface area contributed by atoms with E-state index in [2.05, 4.69) is 11.2 Å². The smallest absolute Gasteiger partial charge is 0.323 e. The van der Waals surface area contributed by atoms with Gasteiger partial charge in [0.2, 0.25) is 0 Å². The van der Waals surface area contributed by atoms with Gasteiger partial charge < -0.3 is 20.1 Å². The first-order valence-electron chi connectivity index (χ1n) is 6.01. The largest absolute Gasteiger partial charge is 0.492 e. The first-order valence-corrected chi connectivity index (χ1v) is 6.01. The van der Waals surface area contributed by atoms with E-state index in [4.69, 9.17) is 16.3 Å². The third kappa shape index (κ3) is 4.53. The Hall–Kier alpha value is -2.68. The molecule has 0 aliphatic heterocycles. The van der Waals surface area contributed by atoms with Crippen LogP contribution in [0.25, 0.3) is 0 Å². The summed E-state index contributed by atoms with van der Waals surface area (Å²) in [5, 5.41) is 11.3. The number of ether oxygens (including phenoxy) is 1. The maximum atomic E-state index is 12.0. The number of terminal acetylenes is 1. The highest BCUT2D eigenvalue weighted by Gasteiger charge is 2.17. The Balaban J connectivity index is 2.82. The van der Waals surface area contributed by atoms with Crippen LogP contribution in [0.15, 0.2) is 24.3 Å². The van der Waals surface area contributed by atoms with Gasteiger partial charge >= 0.3 is 12.0 Å². The first-order chi connectivity index (χ1) is 9.58. The standard InChI is InChI=1S/C14H16N2O4/c1-3-9-16(10-13(17)18)14(19)15-11-7-5-6-8-12(11)20-4-2/h1,5-8H,4,9-10H2,2H3,(H,15,19)(H,17,18). The van der Waals surface area contributed by atoms with E-state index in [1.165, 1.54) is 0 Å². The zero-order chi connectivity index (χ0) is 15.0. The number of amides is 2. The lowest BCUT2D eigenvalue weighted by molar-refractivity contribution is -0.137. The summed E-state index contributed by atoms with van der Waals surface area (Å²) in [4.78, 5) is 23.7. The minimum Gasteiger partial charge on any atom is -0.492 e. The van der Waals surface area contributed by atoms with Crippen molar-refractivity contribution < 1.29 is 19.4 Å². The molecular weight excluding hydrogens is 260 g/mol. The lowest BCUT2D eigenvalue weighted by Gasteiger charge is -2.19. The monoisotopic (exact) mass is 276 g/mol. The summed E-state index contributed by atoms with van der Waals surface area (Å²) in [6, 6.07) is 6.30. The molecule has 1 rings (SSSR count). The van der Waals surface area contributed by atoms with Crippen molar-refractivity contribution in [3.05, 3.63) is 24.3 Å². The topological polar surface area (TPSA) is 78.9 Å². The van der Waals surface area contributed by atoms with E-state index in [1.807, 2.05) is 6.92 Å². The molecule has 0 saturated carbocycles. The van der Waals surface area contributed by atoms with E-state index in [0.29, 0.717) is 18.0 Å². The van der Waals surface area contributed by atoms with Crippen LogP contribution < -0.4 is 10.1 Å². The second kappa shape index (κ2) is 7.69. The average molecular weight is 276 g/mol. The molecule has 0 aliphatic rings. The average Bonchev–Trinajstić information content (AvgIpc) is 2.40. The van der Waals surface area contributed by atoms with Gasteiger partial charge in [-0.15, -0.1) is 6.42 Å². The van der Waals surface area contributed by atoms with Gasteiger partial charge in [-0.2, -0.15) is 0 Å². The normalized spacial score (nSPS) is 9.40. The number of hydrogen-bond donors (Lipinski definition) is 2. The molecule has 2 N–H and O–H groups in total. The fourth-order valence-corrected chi connectivity index (χ4v) is 1.52. The molecule has 0 atom stereocenters. The number of rotatable bonds is 6. The molecule has 0 radical (unpaired) electrons. The van der Waals surface area contributed by atoms with Crippen LogP contribution in [-0.2, 0) is 4.79 Å². The maximum Gasteiger partial charge on any atom is 0.323 e. The second-order valence-electron chi connectivity index (χ2n) is 3.81. The van der Waals surface area contributed by atoms with Gasteiger partial charge in [0.1, 0.15) is 12.3 Å². The predicted molar refractivity (Wildman–Crippen MR) is 74.7 cm³/mol. The van der Waals surface area contributed by atoms with Gasteiger partial charge in [-0.05, 0) is 19.1 Å². The van der Waals surface area contributed by atoms with Gasteiger partial charge in [0.15, 0.2) is 0 Å². The minimum absolute atomic E-state index is 0.0884. The number of carboxylic acids is 1. The molecular formula is C14H16N2O4. The Labute approximate surface area is 117 Å². The number of carboxylic acid groups (broad SMARTS) is 1. The number of para-hydroxylation sites is 2. The Bertz CT molecular complexity index is 522. The van der Waals surface area contributed by atoms with Crippen molar-refractivity contribution in [2.75, 3.05) is 25.0 Å². The van der Waals surface area contributed by atoms with E-state index in [-0.39, 0.29) is 6.54 Å². The van der Waals surface area contributed by atoms with Crippen LogP contribution in [0.3, 0.4) is 0 Å². The SMILES string of the molecule is C#CCN(CC(=O)O)C(=O)Nc1ccccc1OCC. The zero-order valence-electron chi connectivity index (χ0n) is 11.1. The molecule has 1 aromatic rings. The number of carbonyl (C=O) groups excluding carboxylic acids is 1. The number of nitrogens with one attached hydrogen (secondary N) is 1. The summed E-state index contributed by atoms with van der Waals surface area (Å²) in [5.74, 6) is 1.63. The lowest BCUT2D eigenvalue weighted by Crippen LogP contribution is -2.39. The molecule has 6 nitrogen and oxygen atoms in total. The highest BCUT2D eigenvalue weighted by atomic mass is 16.5. The van der Waals surface area contributed by atoms with E-state index in [1.54, 1.807) is 24.3 Å². The summed E-state index contributed by atoms with van der Waals surface area (Å²) in [5.41, 5.74) is 0.465. The second-order valence-corrected chi connectivity index (χ2v) is 3.81. The van der Waals surface area contributed by atoms with Crippen LogP contribution >= 0.6 is 0 Å². The molecule has 2 amide bonds. The van der Waals surface area contributed by atoms with Crippen LogP contribution in [0.2, 0.25) is 0 Å². The number of carbonyl (C=O) groups is 2. The molecule has 20 heavy (non-hydrogen) atoms. The molecule has 6 heteroatoms. The molecule has 0 heterocycles. The van der Waals surface area contributed by atoms with E-state index < -0.39 is 18.5 Å². The van der Waals surface area contributed by atoms with E-state index in [9.17, 15) is 9.59 Å². The van der Waals surface area contributed by atoms with Gasteiger partial charge in [-0.25, -0.2) is 4.79 Å². The summed E-state index contributed by atoms with van der Waals surface area (Å²) in [6.07, 6.45) is 5.12. The van der Waals surface area contributed by atoms with E-state index in [0.717, 1.165) is 4.90 Å². The maximum absolute atomic E-state index is 12.0. The number of anilines is 1. The Kier molecular flexibility index (Phi) is 5.91. The van der Waals surface area contributed by atoms with E-state index >= 15 is 0 Å². The van der Waals surface area contributed by atoms with Crippen molar-refractivity contribution in [1.82, 2.24) is 4.90 Å². The summed E-state index contributed by atoms with van der Waals surface area (Å²) in [6.45, 7) is 1.73. The Morgan fingerprint density at radius 3 is 2.75 bits per heavy atom. The lowest BCUT2D eigenvalue weighted by atomic mass is 10.3. The van der Waals surface area contributed by atoms with Crippen LogP contribution in [-0.4, -0.2) is 41.7 Å². The fraction of sp³-hybridized carbons (Fsp3) is 0.286. The van der Waals surface area contributed by atoms with Crippen molar-refractivity contribution in [2.45, 2.75) is 6.92 Å². The highest BCUT2D eigenvalue weighted by Crippen LogP contribution is 2.23. The van der Waals surface area contributed by atoms with Crippen LogP contribution in [0.1, 0.15) is 6.92 Å². The zero-order valence-corrected chi connectivity index (χ0v) is 11.1. The Morgan fingerprint density at radius 2 is 2.15 bits per heavy atom. The molecule has 106 valence electrons. The molecule has 0 saturated heterocycles. The van der Waals surface area contributed by atoms with Gasteiger partial charge in [0, 0.05) is 0 Å². The molecule has 0 bridgehead atoms. The third-order valence-corrected chi connectivity index (χ3v) is 2.32. The van der Waals surface area contributed by atoms with Crippen LogP contribution in [0.4, 0.5) is 10.5 Å². The summed E-state index contributed by atoms with van der Waals surface area (Å²) >= 11 is 0. The first kappa shape index (κ1) is 15.4. The summed E-state index contributed by atoms with van der Waals surface area (Å²) in [7, 11) is 0. The number of urea groups is 1. The number of aliphatic carboxylic acids is 1. The van der Waals surface area contributed by atoms with Gasteiger partial charge in [-0.1, -0.05) is 18.1 Å². The number of benzene rings is 1. The minimum atomic E-state index is -1.13.